The lowest BCUT2D eigenvalue weighted by Gasteiger charge is -2.13. The molecule has 0 unspecified atom stereocenters. The predicted molar refractivity (Wildman–Crippen MR) is 109 cm³/mol. The first-order valence-electron chi connectivity index (χ1n) is 9.39. The third-order valence-electron chi connectivity index (χ3n) is 4.78. The highest BCUT2D eigenvalue weighted by molar-refractivity contribution is 6.09. The fraction of sp³-hybridized carbons (Fsp3) is 0.182. The standard InChI is InChI=1S/C22H20N4O3/c1-14-19-17(25-26-21(27)15-7-3-2-4-8-15)10-5-11-18(19)29-20(14)22(28)24-16-9-6-12-23-13-16/h2-4,6-9,12-13H,5,10-11H2,1H3,(H,24,28)(H,26,27)/b25-17+. The molecular formula is C22H20N4O3. The van der Waals surface area contributed by atoms with Gasteiger partial charge in [-0.15, -0.1) is 0 Å². The summed E-state index contributed by atoms with van der Waals surface area (Å²) in [5.41, 5.74) is 5.98. The van der Waals surface area contributed by atoms with Gasteiger partial charge in [-0.05, 0) is 44.0 Å². The number of carbonyl (C=O) groups excluding carboxylic acids is 2. The van der Waals surface area contributed by atoms with Crippen LogP contribution >= 0.6 is 0 Å². The Morgan fingerprint density at radius 1 is 1.07 bits per heavy atom. The van der Waals surface area contributed by atoms with E-state index in [1.807, 2.05) is 13.0 Å². The lowest BCUT2D eigenvalue weighted by molar-refractivity contribution is 0.0953. The molecule has 146 valence electrons. The maximum absolute atomic E-state index is 12.7. The van der Waals surface area contributed by atoms with Gasteiger partial charge < -0.3 is 9.73 Å². The number of pyridine rings is 1. The molecule has 0 aliphatic heterocycles. The summed E-state index contributed by atoms with van der Waals surface area (Å²) in [6, 6.07) is 12.4. The quantitative estimate of drug-likeness (QED) is 0.666. The number of amides is 2. The topological polar surface area (TPSA) is 96.6 Å². The van der Waals surface area contributed by atoms with Crippen LogP contribution in [0.5, 0.6) is 0 Å². The van der Waals surface area contributed by atoms with Crippen molar-refractivity contribution in [1.29, 1.82) is 0 Å². The van der Waals surface area contributed by atoms with Gasteiger partial charge in [0.25, 0.3) is 11.8 Å². The van der Waals surface area contributed by atoms with E-state index in [4.69, 9.17) is 4.42 Å². The number of furan rings is 1. The molecule has 0 radical (unpaired) electrons. The second kappa shape index (κ2) is 8.10. The number of fused-ring (bicyclic) bond motifs is 1. The van der Waals surface area contributed by atoms with Crippen molar-refractivity contribution in [2.75, 3.05) is 5.32 Å². The molecule has 7 heteroatoms. The molecule has 0 fully saturated rings. The van der Waals surface area contributed by atoms with Crippen LogP contribution in [0.3, 0.4) is 0 Å². The number of anilines is 1. The number of hydrogen-bond acceptors (Lipinski definition) is 5. The predicted octanol–water partition coefficient (Wildman–Crippen LogP) is 3.71. The number of hydrazone groups is 1. The first kappa shape index (κ1) is 18.6. The number of hydrogen-bond donors (Lipinski definition) is 2. The molecule has 3 aromatic rings. The number of aryl methyl sites for hydroxylation is 1. The molecule has 0 saturated carbocycles. The Morgan fingerprint density at radius 2 is 1.90 bits per heavy atom. The van der Waals surface area contributed by atoms with Gasteiger partial charge in [-0.1, -0.05) is 18.2 Å². The van der Waals surface area contributed by atoms with Crippen LogP contribution in [0.1, 0.15) is 50.6 Å². The maximum atomic E-state index is 12.7. The van der Waals surface area contributed by atoms with E-state index in [0.717, 1.165) is 29.9 Å². The highest BCUT2D eigenvalue weighted by atomic mass is 16.4. The number of nitrogens with zero attached hydrogens (tertiary/aromatic N) is 2. The number of benzene rings is 1. The molecule has 0 bridgehead atoms. The summed E-state index contributed by atoms with van der Waals surface area (Å²) in [5.74, 6) is 0.360. The second-order valence-electron chi connectivity index (χ2n) is 6.77. The molecule has 4 rings (SSSR count). The van der Waals surface area contributed by atoms with E-state index in [0.29, 0.717) is 23.2 Å². The summed E-state index contributed by atoms with van der Waals surface area (Å²) < 4.78 is 5.87. The number of rotatable bonds is 4. The second-order valence-corrected chi connectivity index (χ2v) is 6.77. The van der Waals surface area contributed by atoms with Gasteiger partial charge in [0.2, 0.25) is 0 Å². The molecule has 0 spiro atoms. The van der Waals surface area contributed by atoms with Crippen molar-refractivity contribution in [1.82, 2.24) is 10.4 Å². The molecule has 0 atom stereocenters. The molecule has 0 saturated heterocycles. The Hall–Kier alpha value is -3.74. The zero-order chi connectivity index (χ0) is 20.2. The Labute approximate surface area is 167 Å². The van der Waals surface area contributed by atoms with E-state index < -0.39 is 0 Å². The maximum Gasteiger partial charge on any atom is 0.291 e. The molecule has 1 aliphatic carbocycles. The van der Waals surface area contributed by atoms with Gasteiger partial charge in [0.05, 0.1) is 17.6 Å². The zero-order valence-corrected chi connectivity index (χ0v) is 15.9. The van der Waals surface area contributed by atoms with Gasteiger partial charge in [0.15, 0.2) is 5.76 Å². The minimum Gasteiger partial charge on any atom is -0.455 e. The number of aromatic nitrogens is 1. The summed E-state index contributed by atoms with van der Waals surface area (Å²) >= 11 is 0. The fourth-order valence-electron chi connectivity index (χ4n) is 3.39. The van der Waals surface area contributed by atoms with Crippen molar-refractivity contribution in [2.24, 2.45) is 5.10 Å². The molecule has 29 heavy (non-hydrogen) atoms. The van der Waals surface area contributed by atoms with E-state index in [-0.39, 0.29) is 17.6 Å². The van der Waals surface area contributed by atoms with Crippen LogP contribution < -0.4 is 10.7 Å². The van der Waals surface area contributed by atoms with Crippen molar-refractivity contribution in [3.05, 3.63) is 83.1 Å². The summed E-state index contributed by atoms with van der Waals surface area (Å²) in [6.45, 7) is 1.83. The molecule has 2 heterocycles. The number of carbonyl (C=O) groups is 2. The third-order valence-corrected chi connectivity index (χ3v) is 4.78. The highest BCUT2D eigenvalue weighted by Crippen LogP contribution is 2.30. The summed E-state index contributed by atoms with van der Waals surface area (Å²) in [6.07, 6.45) is 5.47. The summed E-state index contributed by atoms with van der Waals surface area (Å²) in [7, 11) is 0. The molecule has 2 N–H and O–H groups in total. The van der Waals surface area contributed by atoms with Gasteiger partial charge in [0.1, 0.15) is 5.76 Å². The van der Waals surface area contributed by atoms with Crippen LogP contribution in [0.2, 0.25) is 0 Å². The van der Waals surface area contributed by atoms with Crippen molar-refractivity contribution in [2.45, 2.75) is 26.2 Å². The largest absolute Gasteiger partial charge is 0.455 e. The molecule has 2 amide bonds. The Balaban J connectivity index is 1.57. The minimum atomic E-state index is -0.336. The lowest BCUT2D eigenvalue weighted by Crippen LogP contribution is -2.22. The van der Waals surface area contributed by atoms with Crippen LogP contribution in [0.25, 0.3) is 0 Å². The van der Waals surface area contributed by atoms with E-state index in [2.05, 4.69) is 20.8 Å². The van der Waals surface area contributed by atoms with Crippen LogP contribution in [0.4, 0.5) is 5.69 Å². The van der Waals surface area contributed by atoms with Gasteiger partial charge >= 0.3 is 0 Å². The van der Waals surface area contributed by atoms with Crippen LogP contribution in [-0.4, -0.2) is 22.5 Å². The molecule has 1 aliphatic rings. The molecule has 2 aromatic heterocycles. The normalized spacial score (nSPS) is 14.3. The van der Waals surface area contributed by atoms with Crippen molar-refractivity contribution < 1.29 is 14.0 Å². The van der Waals surface area contributed by atoms with E-state index in [1.54, 1.807) is 48.8 Å². The third kappa shape index (κ3) is 3.94. The average molecular weight is 388 g/mol. The molecular weight excluding hydrogens is 368 g/mol. The van der Waals surface area contributed by atoms with Crippen molar-refractivity contribution in [3.63, 3.8) is 0 Å². The van der Waals surface area contributed by atoms with Gasteiger partial charge in [-0.3, -0.25) is 14.6 Å². The van der Waals surface area contributed by atoms with Gasteiger partial charge in [-0.25, -0.2) is 5.43 Å². The lowest BCUT2D eigenvalue weighted by atomic mass is 9.93. The average Bonchev–Trinajstić information content (AvgIpc) is 3.10. The zero-order valence-electron chi connectivity index (χ0n) is 15.9. The minimum absolute atomic E-state index is 0.253. The van der Waals surface area contributed by atoms with Crippen molar-refractivity contribution in [3.8, 4) is 0 Å². The van der Waals surface area contributed by atoms with Crippen LogP contribution in [0, 0.1) is 6.92 Å². The summed E-state index contributed by atoms with van der Waals surface area (Å²) in [5, 5.41) is 7.12. The van der Waals surface area contributed by atoms with Gasteiger partial charge in [-0.2, -0.15) is 5.10 Å². The first-order chi connectivity index (χ1) is 14.1. The summed E-state index contributed by atoms with van der Waals surface area (Å²) in [4.78, 5) is 28.9. The van der Waals surface area contributed by atoms with Gasteiger partial charge in [0, 0.05) is 29.3 Å². The highest BCUT2D eigenvalue weighted by Gasteiger charge is 2.28. The monoisotopic (exact) mass is 388 g/mol. The van der Waals surface area contributed by atoms with Crippen LogP contribution in [0.15, 0.2) is 64.4 Å². The number of nitrogens with one attached hydrogen (secondary N) is 2. The van der Waals surface area contributed by atoms with E-state index >= 15 is 0 Å². The smallest absolute Gasteiger partial charge is 0.291 e. The first-order valence-corrected chi connectivity index (χ1v) is 9.39. The Kier molecular flexibility index (Phi) is 5.20. The SMILES string of the molecule is Cc1c(C(=O)Nc2cccnc2)oc2c1/C(=N/NC(=O)c1ccccc1)CCC2. The van der Waals surface area contributed by atoms with E-state index in [1.165, 1.54) is 0 Å². The Morgan fingerprint density at radius 3 is 2.66 bits per heavy atom. The van der Waals surface area contributed by atoms with Crippen molar-refractivity contribution >= 4 is 23.2 Å². The molecule has 7 nitrogen and oxygen atoms in total. The molecule has 1 aromatic carbocycles. The Bertz CT molecular complexity index is 1070. The van der Waals surface area contributed by atoms with Crippen LogP contribution in [-0.2, 0) is 6.42 Å². The van der Waals surface area contributed by atoms with E-state index in [9.17, 15) is 9.59 Å². The fourth-order valence-corrected chi connectivity index (χ4v) is 3.39.